The van der Waals surface area contributed by atoms with Crippen LogP contribution in [-0.2, 0) is 4.79 Å². The molecule has 0 aliphatic rings. The van der Waals surface area contributed by atoms with Crippen molar-refractivity contribution in [2.24, 2.45) is 5.92 Å². The minimum Gasteiger partial charge on any atom is -0.480 e. The molecule has 0 bridgehead atoms. The van der Waals surface area contributed by atoms with Crippen molar-refractivity contribution in [1.82, 2.24) is 4.98 Å². The Hall–Kier alpha value is -2.92. The van der Waals surface area contributed by atoms with E-state index in [2.05, 4.69) is 10.3 Å². The van der Waals surface area contributed by atoms with Gasteiger partial charge in [0.25, 0.3) is 0 Å². The molecular formula is C17H18N4O3S. The van der Waals surface area contributed by atoms with Crippen molar-refractivity contribution in [2.45, 2.75) is 26.3 Å². The van der Waals surface area contributed by atoms with Gasteiger partial charge in [-0.3, -0.25) is 9.78 Å². The number of aromatic nitrogens is 1. The quantitative estimate of drug-likeness (QED) is 0.649. The second-order valence-electron chi connectivity index (χ2n) is 5.87. The molecule has 0 aliphatic carbocycles. The number of nitrogen functional groups attached to an aromatic ring is 1. The van der Waals surface area contributed by atoms with Crippen LogP contribution in [0.4, 0.5) is 10.7 Å². The molecule has 1 unspecified atom stereocenters. The standard InChI is InChI=1S/C17H18N4O3S/c1-9(2)7-12(17(23)24)21-16-10(8-18)13(19)15(25-16)14(22)11-5-3-4-6-20-11/h3-6,9,12,21H,7,19H2,1-2H3,(H,23,24). The van der Waals surface area contributed by atoms with Crippen LogP contribution in [0.3, 0.4) is 0 Å². The minimum atomic E-state index is -1.03. The number of nitriles is 1. The van der Waals surface area contributed by atoms with Gasteiger partial charge in [0.05, 0.1) is 5.69 Å². The van der Waals surface area contributed by atoms with E-state index in [-0.39, 0.29) is 32.7 Å². The third-order valence-corrected chi connectivity index (χ3v) is 4.61. The maximum absolute atomic E-state index is 12.6. The summed E-state index contributed by atoms with van der Waals surface area (Å²) in [6, 6.07) is 5.99. The van der Waals surface area contributed by atoms with Gasteiger partial charge in [-0.05, 0) is 24.5 Å². The van der Waals surface area contributed by atoms with Gasteiger partial charge in [-0.15, -0.1) is 11.3 Å². The molecule has 2 aromatic rings. The van der Waals surface area contributed by atoms with E-state index in [1.807, 2.05) is 19.9 Å². The molecule has 0 aromatic carbocycles. The highest BCUT2D eigenvalue weighted by Gasteiger charge is 2.26. The van der Waals surface area contributed by atoms with E-state index in [1.165, 1.54) is 6.20 Å². The number of carboxylic acids is 1. The first-order chi connectivity index (χ1) is 11.8. The number of nitrogens with zero attached hydrogens (tertiary/aromatic N) is 2. The summed E-state index contributed by atoms with van der Waals surface area (Å²) in [7, 11) is 0. The zero-order valence-electron chi connectivity index (χ0n) is 13.8. The fourth-order valence-electron chi connectivity index (χ4n) is 2.29. The molecule has 25 heavy (non-hydrogen) atoms. The van der Waals surface area contributed by atoms with Crippen molar-refractivity contribution in [1.29, 1.82) is 5.26 Å². The van der Waals surface area contributed by atoms with Gasteiger partial charge in [0.1, 0.15) is 33.2 Å². The van der Waals surface area contributed by atoms with Gasteiger partial charge < -0.3 is 16.2 Å². The maximum Gasteiger partial charge on any atom is 0.326 e. The molecule has 4 N–H and O–H groups in total. The van der Waals surface area contributed by atoms with Gasteiger partial charge in [-0.25, -0.2) is 4.79 Å². The molecule has 8 heteroatoms. The van der Waals surface area contributed by atoms with E-state index in [1.54, 1.807) is 18.2 Å². The van der Waals surface area contributed by atoms with Crippen molar-refractivity contribution in [2.75, 3.05) is 11.1 Å². The van der Waals surface area contributed by atoms with Gasteiger partial charge in [0.2, 0.25) is 5.78 Å². The average molecular weight is 358 g/mol. The van der Waals surface area contributed by atoms with Crippen LogP contribution in [0.1, 0.15) is 41.2 Å². The number of carboxylic acid groups (broad SMARTS) is 1. The SMILES string of the molecule is CC(C)CC(Nc1sc(C(=O)c2ccccn2)c(N)c1C#N)C(=O)O. The van der Waals surface area contributed by atoms with Gasteiger partial charge >= 0.3 is 5.97 Å². The van der Waals surface area contributed by atoms with Crippen molar-refractivity contribution < 1.29 is 14.7 Å². The van der Waals surface area contributed by atoms with Crippen molar-refractivity contribution in [3.63, 3.8) is 0 Å². The van der Waals surface area contributed by atoms with Crippen molar-refractivity contribution >= 4 is 33.8 Å². The Kier molecular flexibility index (Phi) is 5.72. The van der Waals surface area contributed by atoms with Crippen LogP contribution in [0.15, 0.2) is 24.4 Å². The third kappa shape index (κ3) is 4.14. The predicted molar refractivity (Wildman–Crippen MR) is 95.6 cm³/mol. The van der Waals surface area contributed by atoms with Crippen LogP contribution in [-0.4, -0.2) is 27.9 Å². The normalized spacial score (nSPS) is 11.8. The Bertz CT molecular complexity index is 824. The Labute approximate surface area is 149 Å². The first kappa shape index (κ1) is 18.4. The first-order valence-electron chi connectivity index (χ1n) is 7.62. The highest BCUT2D eigenvalue weighted by molar-refractivity contribution is 7.19. The molecule has 2 heterocycles. The number of thiophene rings is 1. The number of hydrogen-bond donors (Lipinski definition) is 3. The molecule has 1 atom stereocenters. The number of rotatable bonds is 7. The first-order valence-corrected chi connectivity index (χ1v) is 8.44. The van der Waals surface area contributed by atoms with Gasteiger partial charge in [0, 0.05) is 6.20 Å². The molecule has 0 saturated heterocycles. The molecule has 0 spiro atoms. The van der Waals surface area contributed by atoms with Crippen LogP contribution < -0.4 is 11.1 Å². The molecule has 7 nitrogen and oxygen atoms in total. The van der Waals surface area contributed by atoms with E-state index in [4.69, 9.17) is 5.73 Å². The van der Waals surface area contributed by atoms with Crippen LogP contribution >= 0.6 is 11.3 Å². The summed E-state index contributed by atoms with van der Waals surface area (Å²) in [6.07, 6.45) is 1.87. The molecule has 0 aliphatic heterocycles. The Balaban J connectivity index is 2.39. The van der Waals surface area contributed by atoms with Gasteiger partial charge in [-0.2, -0.15) is 5.26 Å². The number of hydrogen-bond acceptors (Lipinski definition) is 7. The average Bonchev–Trinajstić information content (AvgIpc) is 2.89. The summed E-state index contributed by atoms with van der Waals surface area (Å²) in [5, 5.41) is 21.8. The number of carbonyl (C=O) groups excluding carboxylic acids is 1. The van der Waals surface area contributed by atoms with E-state index >= 15 is 0 Å². The maximum atomic E-state index is 12.6. The minimum absolute atomic E-state index is 0.0411. The lowest BCUT2D eigenvalue weighted by Crippen LogP contribution is -2.30. The lowest BCUT2D eigenvalue weighted by Gasteiger charge is -2.16. The third-order valence-electron chi connectivity index (χ3n) is 3.47. The van der Waals surface area contributed by atoms with Crippen LogP contribution in [0.25, 0.3) is 0 Å². The number of nitrogens with one attached hydrogen (secondary N) is 1. The fourth-order valence-corrected chi connectivity index (χ4v) is 3.36. The summed E-state index contributed by atoms with van der Waals surface area (Å²) in [4.78, 5) is 28.2. The number of carbonyl (C=O) groups is 2. The monoisotopic (exact) mass is 358 g/mol. The summed E-state index contributed by atoms with van der Waals surface area (Å²) < 4.78 is 0. The Morgan fingerprint density at radius 1 is 1.44 bits per heavy atom. The highest BCUT2D eigenvalue weighted by Crippen LogP contribution is 2.37. The van der Waals surface area contributed by atoms with E-state index < -0.39 is 17.8 Å². The summed E-state index contributed by atoms with van der Waals surface area (Å²) in [5.74, 6) is -1.28. The van der Waals surface area contributed by atoms with Crippen LogP contribution in [0, 0.1) is 17.2 Å². The zero-order valence-corrected chi connectivity index (χ0v) is 14.6. The molecule has 2 aromatic heterocycles. The largest absolute Gasteiger partial charge is 0.480 e. The van der Waals surface area contributed by atoms with Crippen LogP contribution in [0.2, 0.25) is 0 Å². The van der Waals surface area contributed by atoms with Crippen molar-refractivity contribution in [3.05, 3.63) is 40.5 Å². The number of nitrogens with two attached hydrogens (primary N) is 1. The molecule has 0 radical (unpaired) electrons. The second-order valence-corrected chi connectivity index (χ2v) is 6.89. The summed E-state index contributed by atoms with van der Waals surface area (Å²) in [6.45, 7) is 3.81. The predicted octanol–water partition coefficient (Wildman–Crippen LogP) is 2.74. The number of ketones is 1. The Morgan fingerprint density at radius 2 is 2.16 bits per heavy atom. The van der Waals surface area contributed by atoms with Crippen molar-refractivity contribution in [3.8, 4) is 6.07 Å². The smallest absolute Gasteiger partial charge is 0.326 e. The van der Waals surface area contributed by atoms with Gasteiger partial charge in [0.15, 0.2) is 0 Å². The number of aliphatic carboxylic acids is 1. The molecular weight excluding hydrogens is 340 g/mol. The zero-order chi connectivity index (χ0) is 18.6. The second kappa shape index (κ2) is 7.77. The topological polar surface area (TPSA) is 129 Å². The molecule has 0 saturated carbocycles. The van der Waals surface area contributed by atoms with E-state index in [0.29, 0.717) is 6.42 Å². The summed E-state index contributed by atoms with van der Waals surface area (Å²) in [5.41, 5.74) is 6.29. The summed E-state index contributed by atoms with van der Waals surface area (Å²) >= 11 is 0.975. The fraction of sp³-hybridized carbons (Fsp3) is 0.294. The Morgan fingerprint density at radius 3 is 2.68 bits per heavy atom. The molecule has 130 valence electrons. The lowest BCUT2D eigenvalue weighted by molar-refractivity contribution is -0.138. The highest BCUT2D eigenvalue weighted by atomic mass is 32.1. The van der Waals surface area contributed by atoms with Gasteiger partial charge in [-0.1, -0.05) is 19.9 Å². The molecule has 0 fully saturated rings. The number of anilines is 2. The van der Waals surface area contributed by atoms with E-state index in [9.17, 15) is 20.0 Å². The molecule has 2 rings (SSSR count). The lowest BCUT2D eigenvalue weighted by atomic mass is 10.0. The number of pyridine rings is 1. The van der Waals surface area contributed by atoms with Crippen LogP contribution in [0.5, 0.6) is 0 Å². The molecule has 0 amide bonds. The van der Waals surface area contributed by atoms with E-state index in [0.717, 1.165) is 11.3 Å².